The molecule has 0 fully saturated rings. The molecule has 1 unspecified atom stereocenters. The Labute approximate surface area is 133 Å². The highest BCUT2D eigenvalue weighted by Gasteiger charge is 2.21. The van der Waals surface area contributed by atoms with E-state index < -0.39 is 0 Å². The minimum Gasteiger partial charge on any atom is -0.337 e. The van der Waals surface area contributed by atoms with Crippen LogP contribution in [-0.4, -0.2) is 28.8 Å². The summed E-state index contributed by atoms with van der Waals surface area (Å²) in [5.74, 6) is -0.0948. The van der Waals surface area contributed by atoms with E-state index in [0.29, 0.717) is 16.0 Å². The van der Waals surface area contributed by atoms with Crippen LogP contribution in [0.15, 0.2) is 30.3 Å². The molecule has 0 spiro atoms. The van der Waals surface area contributed by atoms with Gasteiger partial charge in [0.15, 0.2) is 5.78 Å². The first-order valence-electron chi connectivity index (χ1n) is 6.54. The summed E-state index contributed by atoms with van der Waals surface area (Å²) >= 11 is 2.32. The zero-order valence-electron chi connectivity index (χ0n) is 12.1. The van der Waals surface area contributed by atoms with Crippen LogP contribution in [0.1, 0.15) is 31.1 Å². The van der Waals surface area contributed by atoms with E-state index in [2.05, 4.69) is 54.0 Å². The van der Waals surface area contributed by atoms with Crippen molar-refractivity contribution in [1.29, 1.82) is 0 Å². The normalized spacial score (nSPS) is 12.6. The average molecular weight is 388 g/mol. The van der Waals surface area contributed by atoms with Crippen LogP contribution in [0.25, 0.3) is 0 Å². The Morgan fingerprint density at radius 1 is 1.15 bits per heavy atom. The molecule has 0 saturated carbocycles. The highest BCUT2D eigenvalue weighted by molar-refractivity contribution is 14.1. The number of rotatable bonds is 5. The fraction of sp³-hybridized carbons (Fsp3) is 0.467. The standard InChI is InChI=1S/C15H21IN2O2/c1-15(2,3)13(16)10-18-14(20)17-9-12(19)11-7-5-4-6-8-11/h4-8,13H,9-10H2,1-3H3,(H2,17,18,20). The number of alkyl halides is 1. The van der Waals surface area contributed by atoms with Crippen LogP contribution in [0.4, 0.5) is 4.79 Å². The van der Waals surface area contributed by atoms with Crippen molar-refractivity contribution < 1.29 is 9.59 Å². The van der Waals surface area contributed by atoms with Crippen LogP contribution in [-0.2, 0) is 0 Å². The van der Waals surface area contributed by atoms with Crippen molar-refractivity contribution in [3.63, 3.8) is 0 Å². The lowest BCUT2D eigenvalue weighted by molar-refractivity contribution is 0.0992. The Morgan fingerprint density at radius 3 is 2.30 bits per heavy atom. The van der Waals surface area contributed by atoms with E-state index in [9.17, 15) is 9.59 Å². The fourth-order valence-corrected chi connectivity index (χ4v) is 1.66. The number of carbonyl (C=O) groups is 2. The topological polar surface area (TPSA) is 58.2 Å². The largest absolute Gasteiger partial charge is 0.337 e. The van der Waals surface area contributed by atoms with Gasteiger partial charge in [-0.2, -0.15) is 0 Å². The molecular formula is C15H21IN2O2. The molecule has 0 bridgehead atoms. The number of hydrogen-bond acceptors (Lipinski definition) is 2. The maximum absolute atomic E-state index is 11.8. The Hall–Kier alpha value is -1.11. The van der Waals surface area contributed by atoms with Crippen molar-refractivity contribution in [3.05, 3.63) is 35.9 Å². The Morgan fingerprint density at radius 2 is 1.75 bits per heavy atom. The zero-order chi connectivity index (χ0) is 15.2. The Balaban J connectivity index is 2.32. The summed E-state index contributed by atoms with van der Waals surface area (Å²) < 4.78 is 0.329. The van der Waals surface area contributed by atoms with Gasteiger partial charge in [-0.25, -0.2) is 4.79 Å². The van der Waals surface area contributed by atoms with Crippen molar-refractivity contribution in [3.8, 4) is 0 Å². The molecule has 0 aliphatic heterocycles. The minimum atomic E-state index is -0.305. The van der Waals surface area contributed by atoms with Gasteiger partial charge in [0.05, 0.1) is 6.54 Å². The molecule has 110 valence electrons. The van der Waals surface area contributed by atoms with E-state index in [1.165, 1.54) is 0 Å². The summed E-state index contributed by atoms with van der Waals surface area (Å²) in [6.07, 6.45) is 0. The summed E-state index contributed by atoms with van der Waals surface area (Å²) in [7, 11) is 0. The van der Waals surface area contributed by atoms with Gasteiger partial charge in [-0.3, -0.25) is 4.79 Å². The second kappa shape index (κ2) is 7.61. The number of benzene rings is 1. The summed E-state index contributed by atoms with van der Waals surface area (Å²) in [5.41, 5.74) is 0.738. The third-order valence-electron chi connectivity index (χ3n) is 2.89. The molecule has 2 amide bonds. The minimum absolute atomic E-state index is 0.0112. The lowest BCUT2D eigenvalue weighted by atomic mass is 9.92. The molecule has 1 rings (SSSR count). The molecule has 1 atom stereocenters. The van der Waals surface area contributed by atoms with Crippen LogP contribution in [0, 0.1) is 5.41 Å². The Bertz CT molecular complexity index is 455. The number of urea groups is 1. The molecule has 2 N–H and O–H groups in total. The SMILES string of the molecule is CC(C)(C)C(I)CNC(=O)NCC(=O)c1ccccc1. The van der Waals surface area contributed by atoms with Crippen molar-refractivity contribution >= 4 is 34.4 Å². The van der Waals surface area contributed by atoms with Gasteiger partial charge in [0, 0.05) is 16.0 Å². The van der Waals surface area contributed by atoms with Gasteiger partial charge in [0.25, 0.3) is 0 Å². The number of ketones is 1. The van der Waals surface area contributed by atoms with Crippen LogP contribution in [0.5, 0.6) is 0 Å². The predicted octanol–water partition coefficient (Wildman–Crippen LogP) is 3.02. The summed E-state index contributed by atoms with van der Waals surface area (Å²) in [5, 5.41) is 5.37. The molecule has 0 radical (unpaired) electrons. The molecular weight excluding hydrogens is 367 g/mol. The number of nitrogens with one attached hydrogen (secondary N) is 2. The van der Waals surface area contributed by atoms with Gasteiger partial charge < -0.3 is 10.6 Å². The molecule has 0 aliphatic rings. The maximum atomic E-state index is 11.8. The van der Waals surface area contributed by atoms with E-state index in [1.807, 2.05) is 6.07 Å². The molecule has 5 heteroatoms. The van der Waals surface area contributed by atoms with Crippen molar-refractivity contribution in [2.24, 2.45) is 5.41 Å². The third-order valence-corrected chi connectivity index (χ3v) is 5.20. The summed E-state index contributed by atoms with van der Waals surface area (Å²) in [6.45, 7) is 6.97. The smallest absolute Gasteiger partial charge is 0.315 e. The summed E-state index contributed by atoms with van der Waals surface area (Å²) in [4.78, 5) is 23.4. The lowest BCUT2D eigenvalue weighted by Crippen LogP contribution is -2.42. The van der Waals surface area contributed by atoms with Gasteiger partial charge in [-0.1, -0.05) is 73.7 Å². The van der Waals surface area contributed by atoms with E-state index >= 15 is 0 Å². The molecule has 0 aliphatic carbocycles. The third kappa shape index (κ3) is 5.90. The maximum Gasteiger partial charge on any atom is 0.315 e. The van der Waals surface area contributed by atoms with Gasteiger partial charge in [-0.05, 0) is 5.41 Å². The highest BCUT2D eigenvalue weighted by Crippen LogP contribution is 2.25. The van der Waals surface area contributed by atoms with Crippen molar-refractivity contribution in [2.45, 2.75) is 24.7 Å². The summed E-state index contributed by atoms with van der Waals surface area (Å²) in [6, 6.07) is 8.63. The monoisotopic (exact) mass is 388 g/mol. The molecule has 0 heterocycles. The number of halogens is 1. The van der Waals surface area contributed by atoms with Crippen LogP contribution in [0.3, 0.4) is 0 Å². The number of hydrogen-bond donors (Lipinski definition) is 2. The molecule has 0 aromatic heterocycles. The zero-order valence-corrected chi connectivity index (χ0v) is 14.2. The first kappa shape index (κ1) is 16.9. The van der Waals surface area contributed by atoms with E-state index in [1.54, 1.807) is 24.3 Å². The fourth-order valence-electron chi connectivity index (χ4n) is 1.44. The average Bonchev–Trinajstić information content (AvgIpc) is 2.41. The van der Waals surface area contributed by atoms with Gasteiger partial charge >= 0.3 is 6.03 Å². The number of carbonyl (C=O) groups excluding carboxylic acids is 2. The van der Waals surface area contributed by atoms with Crippen molar-refractivity contribution in [2.75, 3.05) is 13.1 Å². The van der Waals surface area contributed by atoms with Gasteiger partial charge in [-0.15, -0.1) is 0 Å². The van der Waals surface area contributed by atoms with Crippen LogP contribution >= 0.6 is 22.6 Å². The number of amides is 2. The van der Waals surface area contributed by atoms with Gasteiger partial charge in [0.2, 0.25) is 0 Å². The lowest BCUT2D eigenvalue weighted by Gasteiger charge is -2.25. The first-order chi connectivity index (χ1) is 9.30. The van der Waals surface area contributed by atoms with Gasteiger partial charge in [0.1, 0.15) is 0 Å². The molecule has 20 heavy (non-hydrogen) atoms. The Kier molecular flexibility index (Phi) is 6.45. The van der Waals surface area contributed by atoms with Crippen molar-refractivity contribution in [1.82, 2.24) is 10.6 Å². The predicted molar refractivity (Wildman–Crippen MR) is 89.4 cm³/mol. The second-order valence-electron chi connectivity index (χ2n) is 5.69. The highest BCUT2D eigenvalue weighted by atomic mass is 127. The second-order valence-corrected chi connectivity index (χ2v) is 7.19. The molecule has 1 aromatic carbocycles. The van der Waals surface area contributed by atoms with E-state index in [-0.39, 0.29) is 23.8 Å². The quantitative estimate of drug-likeness (QED) is 0.463. The van der Waals surface area contributed by atoms with E-state index in [0.717, 1.165) is 0 Å². The first-order valence-corrected chi connectivity index (χ1v) is 7.79. The van der Waals surface area contributed by atoms with E-state index in [4.69, 9.17) is 0 Å². The molecule has 1 aromatic rings. The number of Topliss-reactive ketones (excluding diaryl/α,β-unsaturated/α-hetero) is 1. The molecule has 0 saturated heterocycles. The van der Waals surface area contributed by atoms with Crippen LogP contribution in [0.2, 0.25) is 0 Å². The van der Waals surface area contributed by atoms with Crippen LogP contribution < -0.4 is 10.6 Å². The molecule has 4 nitrogen and oxygen atoms in total.